The number of benzene rings is 2. The number of aromatic nitrogens is 2. The Bertz CT molecular complexity index is 1250. The van der Waals surface area contributed by atoms with Gasteiger partial charge in [-0.3, -0.25) is 19.6 Å². The zero-order valence-electron chi connectivity index (χ0n) is 16.4. The van der Waals surface area contributed by atoms with Gasteiger partial charge in [-0.2, -0.15) is 18.3 Å². The average Bonchev–Trinajstić information content (AvgIpc) is 3.19. The Hall–Kier alpha value is -3.27. The van der Waals surface area contributed by atoms with E-state index in [0.717, 1.165) is 23.2 Å². The maximum Gasteiger partial charge on any atom is 0.416 e. The summed E-state index contributed by atoms with van der Waals surface area (Å²) in [5, 5.41) is 6.91. The van der Waals surface area contributed by atoms with E-state index in [9.17, 15) is 22.8 Å². The molecule has 1 saturated heterocycles. The quantitative estimate of drug-likeness (QED) is 0.585. The van der Waals surface area contributed by atoms with Crippen LogP contribution in [0.5, 0.6) is 5.75 Å². The Kier molecular flexibility index (Phi) is 5.26. The second-order valence-electron chi connectivity index (χ2n) is 6.89. The number of aryl methyl sites for hydroxylation is 1. The van der Waals surface area contributed by atoms with Gasteiger partial charge in [0.2, 0.25) is 0 Å². The Morgan fingerprint density at radius 2 is 1.97 bits per heavy atom. The van der Waals surface area contributed by atoms with Crippen LogP contribution in [0.4, 0.5) is 18.0 Å². The lowest BCUT2D eigenvalue weighted by Gasteiger charge is -2.15. The van der Waals surface area contributed by atoms with Crippen LogP contribution >= 0.6 is 11.8 Å². The highest BCUT2D eigenvalue weighted by molar-refractivity contribution is 8.18. The summed E-state index contributed by atoms with van der Waals surface area (Å²) < 4.78 is 47.1. The molecule has 0 spiro atoms. The van der Waals surface area contributed by atoms with Crippen molar-refractivity contribution in [3.8, 4) is 5.75 Å². The third kappa shape index (κ3) is 4.15. The highest BCUT2D eigenvalue weighted by Crippen LogP contribution is 2.35. The Labute approximate surface area is 179 Å². The van der Waals surface area contributed by atoms with Crippen LogP contribution in [0.25, 0.3) is 17.0 Å². The van der Waals surface area contributed by atoms with Crippen LogP contribution in [0.2, 0.25) is 0 Å². The van der Waals surface area contributed by atoms with Gasteiger partial charge in [0.1, 0.15) is 5.75 Å². The molecule has 2 aromatic carbocycles. The summed E-state index contributed by atoms with van der Waals surface area (Å²) in [6, 6.07) is 9.09. The van der Waals surface area contributed by atoms with Gasteiger partial charge in [-0.15, -0.1) is 0 Å². The fraction of sp³-hybridized carbons (Fsp3) is 0.190. The van der Waals surface area contributed by atoms with Crippen LogP contribution in [0.1, 0.15) is 22.4 Å². The molecule has 0 bridgehead atoms. The molecule has 1 N–H and O–H groups in total. The lowest BCUT2D eigenvalue weighted by atomic mass is 10.1. The van der Waals surface area contributed by atoms with E-state index in [-0.39, 0.29) is 22.8 Å². The molecular weight excluding hydrogens is 431 g/mol. The number of hydrogen-bond donors (Lipinski definition) is 1. The van der Waals surface area contributed by atoms with Crippen molar-refractivity contribution in [3.63, 3.8) is 0 Å². The largest absolute Gasteiger partial charge is 0.497 e. The Balaban J connectivity index is 1.72. The molecule has 31 heavy (non-hydrogen) atoms. The summed E-state index contributed by atoms with van der Waals surface area (Å²) in [5.74, 6) is -0.329. The topological polar surface area (TPSA) is 73.2 Å². The standard InChI is InChI=1S/C21H16F3N3O3S/c1-11-15-7-12(8-18-19(28)25-20(29)31-18)3-6-17(15)27(26-11)10-13-4-5-14(30-2)9-16(13)21(22,23)24/h3-9H,10H2,1-2H3,(H,25,28,29)/b18-8-. The van der Waals surface area contributed by atoms with E-state index < -0.39 is 22.9 Å². The lowest BCUT2D eigenvalue weighted by molar-refractivity contribution is -0.138. The van der Waals surface area contributed by atoms with Crippen molar-refractivity contribution >= 4 is 39.9 Å². The van der Waals surface area contributed by atoms with Gasteiger partial charge in [0.25, 0.3) is 11.1 Å². The van der Waals surface area contributed by atoms with Crippen LogP contribution < -0.4 is 10.1 Å². The Morgan fingerprint density at radius 1 is 1.19 bits per heavy atom. The summed E-state index contributed by atoms with van der Waals surface area (Å²) in [5.41, 5.74) is 1.27. The van der Waals surface area contributed by atoms with E-state index in [1.165, 1.54) is 23.9 Å². The fourth-order valence-corrected chi connectivity index (χ4v) is 4.07. The van der Waals surface area contributed by atoms with Gasteiger partial charge < -0.3 is 4.74 Å². The van der Waals surface area contributed by atoms with Crippen molar-refractivity contribution < 1.29 is 27.5 Å². The first kappa shape index (κ1) is 21.0. The van der Waals surface area contributed by atoms with Crippen LogP contribution in [-0.2, 0) is 17.5 Å². The average molecular weight is 447 g/mol. The molecule has 0 radical (unpaired) electrons. The van der Waals surface area contributed by atoms with E-state index in [0.29, 0.717) is 16.8 Å². The number of ether oxygens (including phenoxy) is 1. The second kappa shape index (κ2) is 7.77. The van der Waals surface area contributed by atoms with Crippen LogP contribution in [0, 0.1) is 6.92 Å². The van der Waals surface area contributed by atoms with Gasteiger partial charge >= 0.3 is 6.18 Å². The SMILES string of the molecule is COc1ccc(Cn2nc(C)c3cc(/C=C4\SC(=O)NC4=O)ccc32)c(C(F)(F)F)c1. The number of rotatable bonds is 4. The van der Waals surface area contributed by atoms with Crippen molar-refractivity contribution in [2.75, 3.05) is 7.11 Å². The monoisotopic (exact) mass is 447 g/mol. The molecule has 0 saturated carbocycles. The minimum Gasteiger partial charge on any atom is -0.497 e. The summed E-state index contributed by atoms with van der Waals surface area (Å²) in [6.07, 6.45) is -2.94. The molecular formula is C21H16F3N3O3S. The predicted molar refractivity (Wildman–Crippen MR) is 111 cm³/mol. The number of hydrogen-bond acceptors (Lipinski definition) is 5. The number of nitrogens with zero attached hydrogens (tertiary/aromatic N) is 2. The predicted octanol–water partition coefficient (Wildman–Crippen LogP) is 4.74. The number of alkyl halides is 3. The second-order valence-corrected chi connectivity index (χ2v) is 7.91. The molecule has 0 unspecified atom stereocenters. The number of nitrogens with one attached hydrogen (secondary N) is 1. The number of fused-ring (bicyclic) bond motifs is 1. The molecule has 0 aliphatic carbocycles. The summed E-state index contributed by atoms with van der Waals surface area (Å²) >= 11 is 0.816. The van der Waals surface area contributed by atoms with Crippen molar-refractivity contribution in [1.82, 2.24) is 15.1 Å². The van der Waals surface area contributed by atoms with Gasteiger partial charge in [-0.05, 0) is 60.2 Å². The van der Waals surface area contributed by atoms with Crippen molar-refractivity contribution in [2.45, 2.75) is 19.6 Å². The van der Waals surface area contributed by atoms with Crippen molar-refractivity contribution in [3.05, 3.63) is 63.7 Å². The number of carbonyl (C=O) groups excluding carboxylic acids is 2. The van der Waals surface area contributed by atoms with Crippen LogP contribution in [0.15, 0.2) is 41.3 Å². The van der Waals surface area contributed by atoms with Crippen LogP contribution in [0.3, 0.4) is 0 Å². The van der Waals surface area contributed by atoms with Gasteiger partial charge in [-0.25, -0.2) is 0 Å². The first-order chi connectivity index (χ1) is 14.7. The zero-order valence-corrected chi connectivity index (χ0v) is 17.2. The molecule has 160 valence electrons. The molecule has 0 atom stereocenters. The molecule has 2 amide bonds. The summed E-state index contributed by atoms with van der Waals surface area (Å²) in [7, 11) is 1.32. The molecule has 1 aromatic heterocycles. The van der Waals surface area contributed by atoms with Gasteiger partial charge in [0, 0.05) is 5.39 Å². The maximum absolute atomic E-state index is 13.5. The fourth-order valence-electron chi connectivity index (χ4n) is 3.39. The first-order valence-corrected chi connectivity index (χ1v) is 9.93. The number of imide groups is 1. The minimum absolute atomic E-state index is 0.0708. The zero-order chi connectivity index (χ0) is 22.3. The number of amides is 2. The van der Waals surface area contributed by atoms with Crippen molar-refractivity contribution in [1.29, 1.82) is 0 Å². The number of halogens is 3. The van der Waals surface area contributed by atoms with Gasteiger partial charge in [0.15, 0.2) is 0 Å². The molecule has 10 heteroatoms. The van der Waals surface area contributed by atoms with Crippen molar-refractivity contribution in [2.24, 2.45) is 0 Å². The molecule has 4 rings (SSSR count). The van der Waals surface area contributed by atoms with Crippen LogP contribution in [-0.4, -0.2) is 28.0 Å². The molecule has 1 fully saturated rings. The lowest BCUT2D eigenvalue weighted by Crippen LogP contribution is -2.17. The molecule has 2 heterocycles. The maximum atomic E-state index is 13.5. The number of thioether (sulfide) groups is 1. The molecule has 3 aromatic rings. The highest BCUT2D eigenvalue weighted by atomic mass is 32.2. The van der Waals surface area contributed by atoms with E-state index in [2.05, 4.69) is 10.4 Å². The molecule has 1 aliphatic heterocycles. The normalized spacial score (nSPS) is 15.7. The Morgan fingerprint density at radius 3 is 2.61 bits per heavy atom. The van der Waals surface area contributed by atoms with E-state index in [1.807, 2.05) is 0 Å². The smallest absolute Gasteiger partial charge is 0.416 e. The van der Waals surface area contributed by atoms with Gasteiger partial charge in [-0.1, -0.05) is 12.1 Å². The molecule has 6 nitrogen and oxygen atoms in total. The first-order valence-electron chi connectivity index (χ1n) is 9.12. The molecule has 1 aliphatic rings. The summed E-state index contributed by atoms with van der Waals surface area (Å²) in [6.45, 7) is 1.69. The van der Waals surface area contributed by atoms with Gasteiger partial charge in [0.05, 0.1) is 35.3 Å². The van der Waals surface area contributed by atoms with E-state index in [1.54, 1.807) is 31.2 Å². The third-order valence-electron chi connectivity index (χ3n) is 4.84. The highest BCUT2D eigenvalue weighted by Gasteiger charge is 2.34. The van der Waals surface area contributed by atoms with E-state index in [4.69, 9.17) is 4.74 Å². The van der Waals surface area contributed by atoms with E-state index >= 15 is 0 Å². The minimum atomic E-state index is -4.53. The summed E-state index contributed by atoms with van der Waals surface area (Å²) in [4.78, 5) is 23.4. The number of methoxy groups -OCH3 is 1. The number of carbonyl (C=O) groups is 2. The third-order valence-corrected chi connectivity index (χ3v) is 5.65.